The van der Waals surface area contributed by atoms with Crippen molar-refractivity contribution in [3.63, 3.8) is 0 Å². The summed E-state index contributed by atoms with van der Waals surface area (Å²) >= 11 is 0. The topological polar surface area (TPSA) is 85.7 Å². The van der Waals surface area contributed by atoms with Gasteiger partial charge in [0.25, 0.3) is 10.1 Å². The van der Waals surface area contributed by atoms with Gasteiger partial charge in [0.2, 0.25) is 5.88 Å². The van der Waals surface area contributed by atoms with Crippen LogP contribution in [0.25, 0.3) is 11.1 Å². The number of rotatable bonds is 6. The van der Waals surface area contributed by atoms with Crippen LogP contribution in [0.15, 0.2) is 42.6 Å². The highest BCUT2D eigenvalue weighted by Crippen LogP contribution is 2.21. The van der Waals surface area contributed by atoms with Crippen molar-refractivity contribution in [1.82, 2.24) is 4.98 Å². The number of hydrogen-bond acceptors (Lipinski definition) is 5. The summed E-state index contributed by atoms with van der Waals surface area (Å²) in [5.41, 5.74) is 2.73. The highest BCUT2D eigenvalue weighted by molar-refractivity contribution is 7.85. The van der Waals surface area contributed by atoms with Crippen molar-refractivity contribution in [3.05, 3.63) is 48.2 Å². The van der Waals surface area contributed by atoms with Crippen LogP contribution in [-0.4, -0.2) is 31.0 Å². The van der Waals surface area contributed by atoms with E-state index < -0.39 is 16.1 Å². The van der Waals surface area contributed by atoms with E-state index in [2.05, 4.69) is 4.98 Å². The zero-order chi connectivity index (χ0) is 15.3. The minimum Gasteiger partial charge on any atom is -0.481 e. The predicted molar refractivity (Wildman–Crippen MR) is 77.4 cm³/mol. The van der Waals surface area contributed by atoms with Gasteiger partial charge in [0, 0.05) is 17.8 Å². The number of benzene rings is 1. The molecule has 0 unspecified atom stereocenters. The predicted octanol–water partition coefficient (Wildman–Crippen LogP) is 2.12. The summed E-state index contributed by atoms with van der Waals surface area (Å²) in [5.74, 6) is -0.161. The molecule has 1 N–H and O–H groups in total. The Hall–Kier alpha value is -1.96. The quantitative estimate of drug-likeness (QED) is 0.823. The SMILES string of the molecule is COc1ccc(-c2ccc(COCS(=O)(=O)O)cc2)cn1. The van der Waals surface area contributed by atoms with Crippen molar-refractivity contribution in [2.24, 2.45) is 0 Å². The maximum atomic E-state index is 10.5. The van der Waals surface area contributed by atoms with E-state index in [9.17, 15) is 8.42 Å². The molecule has 0 aliphatic carbocycles. The first kappa shape index (κ1) is 15.4. The molecule has 112 valence electrons. The lowest BCUT2D eigenvalue weighted by molar-refractivity contribution is 0.157. The van der Waals surface area contributed by atoms with E-state index in [0.717, 1.165) is 16.7 Å². The summed E-state index contributed by atoms with van der Waals surface area (Å²) in [6.07, 6.45) is 1.71. The van der Waals surface area contributed by atoms with Crippen molar-refractivity contribution in [2.75, 3.05) is 13.0 Å². The minimum atomic E-state index is -4.09. The fraction of sp³-hybridized carbons (Fsp3) is 0.214. The molecule has 0 radical (unpaired) electrons. The van der Waals surface area contributed by atoms with Crippen LogP contribution in [0.2, 0.25) is 0 Å². The molecule has 0 bridgehead atoms. The zero-order valence-electron chi connectivity index (χ0n) is 11.4. The summed E-state index contributed by atoms with van der Waals surface area (Å²) in [7, 11) is -2.54. The molecule has 6 nitrogen and oxygen atoms in total. The third kappa shape index (κ3) is 4.82. The van der Waals surface area contributed by atoms with Gasteiger partial charge in [0.15, 0.2) is 5.94 Å². The van der Waals surface area contributed by atoms with Gasteiger partial charge < -0.3 is 9.47 Å². The van der Waals surface area contributed by atoms with Gasteiger partial charge in [-0.3, -0.25) is 4.55 Å². The lowest BCUT2D eigenvalue weighted by atomic mass is 10.1. The summed E-state index contributed by atoms with van der Waals surface area (Å²) in [6.45, 7) is 0.112. The summed E-state index contributed by atoms with van der Waals surface area (Å²) < 4.78 is 39.5. The van der Waals surface area contributed by atoms with Gasteiger partial charge in [-0.2, -0.15) is 8.42 Å². The van der Waals surface area contributed by atoms with E-state index in [1.165, 1.54) is 0 Å². The molecule has 0 atom stereocenters. The van der Waals surface area contributed by atoms with Crippen molar-refractivity contribution in [1.29, 1.82) is 0 Å². The maximum Gasteiger partial charge on any atom is 0.289 e. The maximum absolute atomic E-state index is 10.5. The van der Waals surface area contributed by atoms with Crippen LogP contribution in [0.4, 0.5) is 0 Å². The Bertz CT molecular complexity index is 680. The fourth-order valence-electron chi connectivity index (χ4n) is 1.73. The van der Waals surface area contributed by atoms with Crippen LogP contribution in [0.3, 0.4) is 0 Å². The van der Waals surface area contributed by atoms with Crippen LogP contribution in [0.5, 0.6) is 5.88 Å². The molecular formula is C14H15NO5S. The average molecular weight is 309 g/mol. The molecule has 1 aromatic carbocycles. The molecule has 1 heterocycles. The Morgan fingerprint density at radius 3 is 2.29 bits per heavy atom. The van der Waals surface area contributed by atoms with Gasteiger partial charge in [-0.25, -0.2) is 4.98 Å². The highest BCUT2D eigenvalue weighted by Gasteiger charge is 2.05. The number of nitrogens with zero attached hydrogens (tertiary/aromatic N) is 1. The van der Waals surface area contributed by atoms with E-state index in [-0.39, 0.29) is 6.61 Å². The second kappa shape index (κ2) is 6.66. The third-order valence-electron chi connectivity index (χ3n) is 2.73. The number of hydrogen-bond donors (Lipinski definition) is 1. The molecule has 2 aromatic rings. The average Bonchev–Trinajstić information content (AvgIpc) is 2.47. The molecule has 0 saturated carbocycles. The minimum absolute atomic E-state index is 0.112. The van der Waals surface area contributed by atoms with E-state index in [4.69, 9.17) is 14.0 Å². The summed E-state index contributed by atoms with van der Waals surface area (Å²) in [4.78, 5) is 4.13. The largest absolute Gasteiger partial charge is 0.481 e. The first-order valence-corrected chi connectivity index (χ1v) is 7.71. The smallest absolute Gasteiger partial charge is 0.289 e. The molecule has 1 aromatic heterocycles. The second-order valence-electron chi connectivity index (χ2n) is 4.33. The lowest BCUT2D eigenvalue weighted by Crippen LogP contribution is -2.07. The normalized spacial score (nSPS) is 11.3. The van der Waals surface area contributed by atoms with Crippen molar-refractivity contribution in [3.8, 4) is 17.0 Å². The Morgan fingerprint density at radius 1 is 1.10 bits per heavy atom. The summed E-state index contributed by atoms with van der Waals surface area (Å²) in [6, 6.07) is 11.1. The fourth-order valence-corrected chi connectivity index (χ4v) is 2.02. The Kier molecular flexibility index (Phi) is 4.89. The zero-order valence-corrected chi connectivity index (χ0v) is 12.2. The van der Waals surface area contributed by atoms with Crippen molar-refractivity contribution >= 4 is 10.1 Å². The standard InChI is InChI=1S/C14H15NO5S/c1-19-14-7-6-13(8-15-14)12-4-2-11(3-5-12)9-20-10-21(16,17)18/h2-8H,9-10H2,1H3,(H,16,17,18). The number of pyridine rings is 1. The van der Waals surface area contributed by atoms with E-state index in [1.807, 2.05) is 30.3 Å². The van der Waals surface area contributed by atoms with E-state index >= 15 is 0 Å². The molecule has 2 rings (SSSR count). The second-order valence-corrected chi connectivity index (χ2v) is 5.73. The highest BCUT2D eigenvalue weighted by atomic mass is 32.2. The third-order valence-corrected chi connectivity index (χ3v) is 3.20. The first-order chi connectivity index (χ1) is 9.98. The molecule has 0 fully saturated rings. The van der Waals surface area contributed by atoms with Crippen LogP contribution >= 0.6 is 0 Å². The van der Waals surface area contributed by atoms with E-state index in [1.54, 1.807) is 19.4 Å². The van der Waals surface area contributed by atoms with Gasteiger partial charge >= 0.3 is 0 Å². The van der Waals surface area contributed by atoms with Crippen LogP contribution in [0.1, 0.15) is 5.56 Å². The molecular weight excluding hydrogens is 294 g/mol. The van der Waals surface area contributed by atoms with Crippen molar-refractivity contribution in [2.45, 2.75) is 6.61 Å². The molecule has 0 aliphatic heterocycles. The monoisotopic (exact) mass is 309 g/mol. The number of aromatic nitrogens is 1. The number of methoxy groups -OCH3 is 1. The molecule has 21 heavy (non-hydrogen) atoms. The Morgan fingerprint density at radius 2 is 1.76 bits per heavy atom. The Balaban J connectivity index is 2.01. The van der Waals surface area contributed by atoms with Gasteiger partial charge in [0.1, 0.15) is 0 Å². The van der Waals surface area contributed by atoms with Crippen LogP contribution in [0, 0.1) is 0 Å². The molecule has 0 aliphatic rings. The molecule has 7 heteroatoms. The van der Waals surface area contributed by atoms with Crippen molar-refractivity contribution < 1.29 is 22.4 Å². The van der Waals surface area contributed by atoms with Gasteiger partial charge in [-0.15, -0.1) is 0 Å². The molecule has 0 saturated heterocycles. The molecule has 0 spiro atoms. The Labute approximate surface area is 123 Å². The van der Waals surface area contributed by atoms with Gasteiger partial charge in [-0.05, 0) is 17.2 Å². The molecule has 0 amide bonds. The van der Waals surface area contributed by atoms with Gasteiger partial charge in [-0.1, -0.05) is 24.3 Å². The lowest BCUT2D eigenvalue weighted by Gasteiger charge is -2.05. The van der Waals surface area contributed by atoms with Crippen LogP contribution in [-0.2, 0) is 21.5 Å². The number of ether oxygens (including phenoxy) is 2. The van der Waals surface area contributed by atoms with Gasteiger partial charge in [0.05, 0.1) is 13.7 Å². The first-order valence-electron chi connectivity index (χ1n) is 6.10. The van der Waals surface area contributed by atoms with E-state index in [0.29, 0.717) is 5.88 Å². The van der Waals surface area contributed by atoms with Crippen LogP contribution < -0.4 is 4.74 Å². The summed E-state index contributed by atoms with van der Waals surface area (Å²) in [5, 5.41) is 0.